The van der Waals surface area contributed by atoms with Gasteiger partial charge in [0.15, 0.2) is 0 Å². The van der Waals surface area contributed by atoms with Crippen LogP contribution < -0.4 is 0 Å². The van der Waals surface area contributed by atoms with Crippen LogP contribution in [0.3, 0.4) is 0 Å². The number of nitrogens with zero attached hydrogens (tertiary/aromatic N) is 2. The molecule has 1 saturated heterocycles. The highest BCUT2D eigenvalue weighted by atomic mass is 32.2. The van der Waals surface area contributed by atoms with Crippen molar-refractivity contribution in [3.63, 3.8) is 0 Å². The highest BCUT2D eigenvalue weighted by Gasteiger charge is 2.21. The van der Waals surface area contributed by atoms with E-state index < -0.39 is 10.0 Å². The van der Waals surface area contributed by atoms with Crippen molar-refractivity contribution < 1.29 is 17.5 Å². The maximum atomic E-state index is 13.2. The Balaban J connectivity index is 2.05. The monoisotopic (exact) mass is 348 g/mol. The van der Waals surface area contributed by atoms with Crippen LogP contribution in [0.4, 0.5) is 4.39 Å². The fourth-order valence-corrected chi connectivity index (χ4v) is 3.48. The summed E-state index contributed by atoms with van der Waals surface area (Å²) in [4.78, 5) is 1.97. The summed E-state index contributed by atoms with van der Waals surface area (Å²) < 4.78 is 47.8. The lowest BCUT2D eigenvalue weighted by atomic mass is 10.2. The summed E-state index contributed by atoms with van der Waals surface area (Å²) in [5.41, 5.74) is 0.554. The Morgan fingerprint density at radius 2 is 1.62 bits per heavy atom. The van der Waals surface area contributed by atoms with Gasteiger partial charge >= 0.3 is 0 Å². The van der Waals surface area contributed by atoms with Gasteiger partial charge in [0.2, 0.25) is 0 Å². The first-order chi connectivity index (χ1) is 11.6. The maximum absolute atomic E-state index is 13.2. The van der Waals surface area contributed by atoms with E-state index in [0.29, 0.717) is 37.7 Å². The molecule has 0 atom stereocenters. The summed E-state index contributed by atoms with van der Waals surface area (Å²) in [6, 6.07) is 13.7. The first-order valence-electron chi connectivity index (χ1n) is 7.55. The lowest BCUT2D eigenvalue weighted by Gasteiger charge is -2.29. The Morgan fingerprint density at radius 3 is 2.25 bits per heavy atom. The molecule has 0 aromatic heterocycles. The van der Waals surface area contributed by atoms with E-state index in [9.17, 15) is 12.8 Å². The van der Waals surface area contributed by atoms with Gasteiger partial charge in [-0.1, -0.05) is 18.2 Å². The zero-order valence-corrected chi connectivity index (χ0v) is 13.7. The minimum atomic E-state index is -3.86. The lowest BCUT2D eigenvalue weighted by Crippen LogP contribution is -2.41. The van der Waals surface area contributed by atoms with Crippen molar-refractivity contribution in [2.24, 2.45) is 4.40 Å². The van der Waals surface area contributed by atoms with Crippen molar-refractivity contribution in [3.8, 4) is 0 Å². The number of morpholine rings is 1. The Bertz CT molecular complexity index is 815. The van der Waals surface area contributed by atoms with Crippen LogP contribution in [0.5, 0.6) is 0 Å². The van der Waals surface area contributed by atoms with Gasteiger partial charge < -0.3 is 9.64 Å². The van der Waals surface area contributed by atoms with E-state index in [0.717, 1.165) is 0 Å². The van der Waals surface area contributed by atoms with Crippen molar-refractivity contribution in [3.05, 3.63) is 66.0 Å². The third-order valence-corrected chi connectivity index (χ3v) is 4.94. The molecule has 0 amide bonds. The molecule has 0 unspecified atom stereocenters. The van der Waals surface area contributed by atoms with Gasteiger partial charge in [-0.2, -0.15) is 8.42 Å². The quantitative estimate of drug-likeness (QED) is 0.631. The standard InChI is InChI=1S/C17H17FN2O3S/c18-15-8-6-14(7-9-15)17(20-10-12-23-13-11-20)19-24(21,22)16-4-2-1-3-5-16/h1-9H,10-13H2/b19-17-. The number of hydrogen-bond donors (Lipinski definition) is 0. The summed E-state index contributed by atoms with van der Waals surface area (Å²) in [5, 5.41) is 0. The van der Waals surface area contributed by atoms with Gasteiger partial charge in [0.25, 0.3) is 10.0 Å². The van der Waals surface area contributed by atoms with E-state index in [-0.39, 0.29) is 10.7 Å². The third kappa shape index (κ3) is 3.80. The van der Waals surface area contributed by atoms with E-state index in [1.165, 1.54) is 36.4 Å². The molecule has 1 heterocycles. The van der Waals surface area contributed by atoms with Gasteiger partial charge in [-0.25, -0.2) is 4.39 Å². The van der Waals surface area contributed by atoms with Crippen LogP contribution in [-0.2, 0) is 14.8 Å². The molecule has 0 bridgehead atoms. The topological polar surface area (TPSA) is 59.0 Å². The minimum absolute atomic E-state index is 0.123. The molecule has 0 spiro atoms. The zero-order valence-electron chi connectivity index (χ0n) is 12.9. The largest absolute Gasteiger partial charge is 0.378 e. The van der Waals surface area contributed by atoms with E-state index in [1.807, 2.05) is 4.90 Å². The summed E-state index contributed by atoms with van der Waals surface area (Å²) in [5.74, 6) is -0.0758. The highest BCUT2D eigenvalue weighted by molar-refractivity contribution is 7.90. The molecule has 1 aliphatic rings. The molecular weight excluding hydrogens is 331 g/mol. The predicted octanol–water partition coefficient (Wildman–Crippen LogP) is 2.29. The van der Waals surface area contributed by atoms with Crippen LogP contribution in [0.25, 0.3) is 0 Å². The SMILES string of the molecule is O=S(=O)(/N=C(/c1ccc(F)cc1)N1CCOCC1)c1ccccc1. The number of halogens is 1. The molecule has 7 heteroatoms. The molecule has 24 heavy (non-hydrogen) atoms. The van der Waals surface area contributed by atoms with E-state index in [2.05, 4.69) is 4.40 Å². The van der Waals surface area contributed by atoms with Crippen LogP contribution in [0, 0.1) is 5.82 Å². The predicted molar refractivity (Wildman–Crippen MR) is 89.0 cm³/mol. The summed E-state index contributed by atoms with van der Waals surface area (Å²) >= 11 is 0. The van der Waals surface area contributed by atoms with Gasteiger partial charge in [-0.3, -0.25) is 0 Å². The molecule has 1 fully saturated rings. The number of sulfonamides is 1. The van der Waals surface area contributed by atoms with Gasteiger partial charge in [-0.05, 0) is 36.4 Å². The molecule has 1 aliphatic heterocycles. The number of benzene rings is 2. The van der Waals surface area contributed by atoms with Crippen LogP contribution in [0.1, 0.15) is 5.56 Å². The first-order valence-corrected chi connectivity index (χ1v) is 8.99. The molecule has 0 radical (unpaired) electrons. The molecule has 0 saturated carbocycles. The maximum Gasteiger partial charge on any atom is 0.284 e. The Hall–Kier alpha value is -2.25. The average Bonchev–Trinajstić information content (AvgIpc) is 2.62. The van der Waals surface area contributed by atoms with Crippen LogP contribution in [-0.4, -0.2) is 45.5 Å². The zero-order chi connectivity index (χ0) is 17.0. The fraction of sp³-hybridized carbons (Fsp3) is 0.235. The van der Waals surface area contributed by atoms with Gasteiger partial charge in [0.1, 0.15) is 11.7 Å². The summed E-state index contributed by atoms with van der Waals surface area (Å²) in [7, 11) is -3.86. The van der Waals surface area contributed by atoms with E-state index in [4.69, 9.17) is 4.74 Å². The summed E-state index contributed by atoms with van der Waals surface area (Å²) in [6.07, 6.45) is 0. The average molecular weight is 348 g/mol. The Labute approximate surface area is 140 Å². The Morgan fingerprint density at radius 1 is 1.00 bits per heavy atom. The highest BCUT2D eigenvalue weighted by Crippen LogP contribution is 2.16. The van der Waals surface area contributed by atoms with Crippen molar-refractivity contribution in [2.75, 3.05) is 26.3 Å². The first kappa shape index (κ1) is 16.6. The van der Waals surface area contributed by atoms with Crippen molar-refractivity contribution in [1.29, 1.82) is 0 Å². The molecule has 0 aliphatic carbocycles. The number of ether oxygens (including phenoxy) is 1. The van der Waals surface area contributed by atoms with Gasteiger partial charge in [0.05, 0.1) is 18.1 Å². The molecule has 5 nitrogen and oxygen atoms in total. The molecule has 126 valence electrons. The van der Waals surface area contributed by atoms with Gasteiger partial charge in [-0.15, -0.1) is 4.40 Å². The third-order valence-electron chi connectivity index (χ3n) is 3.66. The second-order valence-electron chi connectivity index (χ2n) is 5.31. The van der Waals surface area contributed by atoms with Crippen molar-refractivity contribution in [1.82, 2.24) is 4.90 Å². The number of rotatable bonds is 3. The Kier molecular flexibility index (Phi) is 4.92. The molecule has 2 aromatic carbocycles. The van der Waals surface area contributed by atoms with E-state index >= 15 is 0 Å². The smallest absolute Gasteiger partial charge is 0.284 e. The van der Waals surface area contributed by atoms with Crippen LogP contribution >= 0.6 is 0 Å². The molecular formula is C17H17FN2O3S. The molecule has 0 N–H and O–H groups in total. The number of hydrogen-bond acceptors (Lipinski definition) is 3. The summed E-state index contributed by atoms with van der Waals surface area (Å²) in [6.45, 7) is 2.04. The second-order valence-corrected chi connectivity index (χ2v) is 6.91. The van der Waals surface area contributed by atoms with Crippen molar-refractivity contribution in [2.45, 2.75) is 4.90 Å². The normalized spacial score (nSPS) is 16.2. The molecule has 2 aromatic rings. The lowest BCUT2D eigenvalue weighted by molar-refractivity contribution is 0.0683. The molecule has 3 rings (SSSR count). The van der Waals surface area contributed by atoms with Crippen LogP contribution in [0.2, 0.25) is 0 Å². The van der Waals surface area contributed by atoms with E-state index in [1.54, 1.807) is 18.2 Å². The number of amidine groups is 1. The van der Waals surface area contributed by atoms with Gasteiger partial charge in [0, 0.05) is 18.7 Å². The minimum Gasteiger partial charge on any atom is -0.378 e. The van der Waals surface area contributed by atoms with Crippen LogP contribution in [0.15, 0.2) is 63.9 Å². The van der Waals surface area contributed by atoms with Crippen molar-refractivity contribution >= 4 is 15.9 Å². The fourth-order valence-electron chi connectivity index (χ4n) is 2.43. The second kappa shape index (κ2) is 7.11.